The first-order chi connectivity index (χ1) is 5.86. The van der Waals surface area contributed by atoms with Gasteiger partial charge in [-0.2, -0.15) is 0 Å². The van der Waals surface area contributed by atoms with E-state index in [-0.39, 0.29) is 11.0 Å². The van der Waals surface area contributed by atoms with Crippen LogP contribution in [0.3, 0.4) is 0 Å². The van der Waals surface area contributed by atoms with Gasteiger partial charge >= 0.3 is 0 Å². The molecule has 0 amide bonds. The Kier molecular flexibility index (Phi) is 5.46. The van der Waals surface area contributed by atoms with Crippen LogP contribution < -0.4 is 10.8 Å². The van der Waals surface area contributed by atoms with Crippen LogP contribution in [-0.2, 0) is 0 Å². The fourth-order valence-electron chi connectivity index (χ4n) is 1.74. The highest BCUT2D eigenvalue weighted by Crippen LogP contribution is 2.21. The number of hydrogen-bond acceptors (Lipinski definition) is 1. The fraction of sp³-hybridized carbons (Fsp3) is 0.400. The molecule has 5 N–H and O–H groups in total. The zero-order chi connectivity index (χ0) is 8.39. The second kappa shape index (κ2) is 5.80. The highest BCUT2D eigenvalue weighted by atomic mass is 16.0. The smallest absolute Gasteiger partial charge is 0.113 e. The van der Waals surface area contributed by atoms with Crippen LogP contribution in [0.4, 0.5) is 0 Å². The lowest BCUT2D eigenvalue weighted by atomic mass is 9.92. The maximum absolute atomic E-state index is 5.70. The molecule has 0 aliphatic carbocycles. The Morgan fingerprint density at radius 3 is 2.64 bits per heavy atom. The molecule has 1 aromatic carbocycles. The summed E-state index contributed by atoms with van der Waals surface area (Å²) in [7, 11) is 5.70. The Morgan fingerprint density at radius 1 is 1.29 bits per heavy atom. The van der Waals surface area contributed by atoms with Gasteiger partial charge in [-0.25, -0.2) is 0 Å². The first-order valence-corrected chi connectivity index (χ1v) is 4.45. The van der Waals surface area contributed by atoms with Gasteiger partial charge in [-0.1, -0.05) is 29.7 Å². The topological polar surface area (TPSA) is 75.0 Å². The van der Waals surface area contributed by atoms with E-state index in [4.69, 9.17) is 7.85 Å². The van der Waals surface area contributed by atoms with Crippen LogP contribution in [0, 0.1) is 0 Å². The van der Waals surface area contributed by atoms with Crippen LogP contribution >= 0.6 is 0 Å². The zero-order valence-corrected chi connectivity index (χ0v) is 8.09. The second-order valence-corrected chi connectivity index (χ2v) is 3.32. The number of hydrogen-bond donors (Lipinski definition) is 1. The van der Waals surface area contributed by atoms with Gasteiger partial charge in [-0.15, -0.1) is 0 Å². The molecule has 0 saturated carbocycles. The van der Waals surface area contributed by atoms with Gasteiger partial charge in [0.2, 0.25) is 0 Å². The maximum Gasteiger partial charge on any atom is 0.113 e. The molecule has 76 valence electrons. The molecule has 2 radical (unpaired) electrons. The van der Waals surface area contributed by atoms with Crippen LogP contribution in [0.5, 0.6) is 0 Å². The monoisotopic (exact) mass is 193 g/mol. The zero-order valence-electron chi connectivity index (χ0n) is 8.09. The molecule has 1 saturated heterocycles. The summed E-state index contributed by atoms with van der Waals surface area (Å²) in [6.07, 6.45) is 2.52. The summed E-state index contributed by atoms with van der Waals surface area (Å²) in [6, 6.07) is 8.68. The molecule has 1 aliphatic rings. The van der Waals surface area contributed by atoms with E-state index in [9.17, 15) is 0 Å². The van der Waals surface area contributed by atoms with Gasteiger partial charge in [0.15, 0.2) is 0 Å². The molecular weight excluding hydrogens is 177 g/mol. The summed E-state index contributed by atoms with van der Waals surface area (Å²) >= 11 is 0. The predicted molar refractivity (Wildman–Crippen MR) is 59.0 cm³/mol. The van der Waals surface area contributed by atoms with Crippen LogP contribution in [0.1, 0.15) is 24.4 Å². The first-order valence-electron chi connectivity index (χ1n) is 4.45. The summed E-state index contributed by atoms with van der Waals surface area (Å²) in [5.41, 5.74) is 2.19. The minimum atomic E-state index is 0. The minimum Gasteiger partial charge on any atom is -0.412 e. The van der Waals surface area contributed by atoms with E-state index in [2.05, 4.69) is 17.4 Å². The Balaban J connectivity index is 0.000000845. The van der Waals surface area contributed by atoms with Crippen molar-refractivity contribution >= 4 is 13.3 Å². The quantitative estimate of drug-likeness (QED) is 0.585. The minimum absolute atomic E-state index is 0. The summed E-state index contributed by atoms with van der Waals surface area (Å²) in [4.78, 5) is 0. The van der Waals surface area contributed by atoms with E-state index in [1.807, 2.05) is 12.1 Å². The number of nitrogens with one attached hydrogen (secondary N) is 1. The molecule has 4 heteroatoms. The maximum atomic E-state index is 5.70. The van der Waals surface area contributed by atoms with E-state index in [0.29, 0.717) is 6.04 Å². The van der Waals surface area contributed by atoms with E-state index >= 15 is 0 Å². The molecule has 0 aromatic heterocycles. The van der Waals surface area contributed by atoms with Gasteiger partial charge in [0.25, 0.3) is 0 Å². The van der Waals surface area contributed by atoms with Crippen molar-refractivity contribution in [3.63, 3.8) is 0 Å². The average molecular weight is 193 g/mol. The summed E-state index contributed by atoms with van der Waals surface area (Å²) < 4.78 is 0. The standard InChI is InChI=1S/C10H12BN.2H2O/c11-9-4-1-3-8(7-9)10-5-2-6-12-10;;/h1,3-4,7,10,12H,2,5-6H2;2*1H2. The van der Waals surface area contributed by atoms with Gasteiger partial charge in [0.05, 0.1) is 0 Å². The molecule has 1 heterocycles. The van der Waals surface area contributed by atoms with E-state index in [0.717, 1.165) is 12.0 Å². The molecule has 1 atom stereocenters. The van der Waals surface area contributed by atoms with E-state index in [1.165, 1.54) is 18.4 Å². The number of benzene rings is 1. The molecule has 1 fully saturated rings. The summed E-state index contributed by atoms with van der Waals surface area (Å²) in [6.45, 7) is 1.14. The van der Waals surface area contributed by atoms with E-state index < -0.39 is 0 Å². The van der Waals surface area contributed by atoms with Crippen LogP contribution in [0.2, 0.25) is 0 Å². The van der Waals surface area contributed by atoms with Gasteiger partial charge in [0.1, 0.15) is 7.85 Å². The van der Waals surface area contributed by atoms with Crippen molar-refractivity contribution in [1.29, 1.82) is 0 Å². The van der Waals surface area contributed by atoms with Crippen LogP contribution in [0.25, 0.3) is 0 Å². The van der Waals surface area contributed by atoms with Crippen molar-refractivity contribution in [2.24, 2.45) is 0 Å². The largest absolute Gasteiger partial charge is 0.412 e. The molecule has 3 nitrogen and oxygen atoms in total. The average Bonchev–Trinajstić information content (AvgIpc) is 2.56. The SMILES string of the molecule is O.O.[B]c1cccc(C2CCCN2)c1. The van der Waals surface area contributed by atoms with Crippen LogP contribution in [-0.4, -0.2) is 25.3 Å². The molecule has 0 bridgehead atoms. The van der Waals surface area contributed by atoms with Crippen LogP contribution in [0.15, 0.2) is 24.3 Å². The molecule has 1 aliphatic heterocycles. The lowest BCUT2D eigenvalue weighted by Gasteiger charge is -2.10. The van der Waals surface area contributed by atoms with Crippen molar-refractivity contribution in [2.75, 3.05) is 6.54 Å². The number of rotatable bonds is 1. The molecule has 1 unspecified atom stereocenters. The Morgan fingerprint density at radius 2 is 2.07 bits per heavy atom. The van der Waals surface area contributed by atoms with Crippen molar-refractivity contribution in [1.82, 2.24) is 5.32 Å². The third-order valence-corrected chi connectivity index (χ3v) is 2.37. The Bertz CT molecular complexity index is 275. The summed E-state index contributed by atoms with van der Waals surface area (Å²) in [5.74, 6) is 0. The van der Waals surface area contributed by atoms with Gasteiger partial charge in [-0.3, -0.25) is 0 Å². The third-order valence-electron chi connectivity index (χ3n) is 2.37. The van der Waals surface area contributed by atoms with Crippen molar-refractivity contribution < 1.29 is 11.0 Å². The Hall–Kier alpha value is -0.835. The predicted octanol–water partition coefficient (Wildman–Crippen LogP) is -0.745. The van der Waals surface area contributed by atoms with Gasteiger partial charge in [0, 0.05) is 6.04 Å². The molecule has 1 aromatic rings. The Labute approximate surface area is 85.5 Å². The molecule has 0 spiro atoms. The first kappa shape index (κ1) is 13.2. The third kappa shape index (κ3) is 2.84. The van der Waals surface area contributed by atoms with Crippen molar-refractivity contribution in [3.05, 3.63) is 29.8 Å². The van der Waals surface area contributed by atoms with Gasteiger partial charge in [-0.05, 0) is 24.9 Å². The lowest BCUT2D eigenvalue weighted by Crippen LogP contribution is -2.14. The fourth-order valence-corrected chi connectivity index (χ4v) is 1.74. The summed E-state index contributed by atoms with van der Waals surface area (Å²) in [5, 5.41) is 3.44. The van der Waals surface area contributed by atoms with Gasteiger partial charge < -0.3 is 16.3 Å². The molecule has 2 rings (SSSR count). The second-order valence-electron chi connectivity index (χ2n) is 3.32. The van der Waals surface area contributed by atoms with E-state index in [1.54, 1.807) is 0 Å². The molecule has 14 heavy (non-hydrogen) atoms. The van der Waals surface area contributed by atoms with Crippen molar-refractivity contribution in [3.8, 4) is 0 Å². The highest BCUT2D eigenvalue weighted by molar-refractivity contribution is 6.32. The highest BCUT2D eigenvalue weighted by Gasteiger charge is 2.15. The lowest BCUT2D eigenvalue weighted by molar-refractivity contribution is 0.648. The normalized spacial score (nSPS) is 19.6. The molecular formula is C10H16BNO2. The van der Waals surface area contributed by atoms with Crippen molar-refractivity contribution in [2.45, 2.75) is 18.9 Å².